The van der Waals surface area contributed by atoms with Crippen molar-refractivity contribution in [2.24, 2.45) is 0 Å². The van der Waals surface area contributed by atoms with Gasteiger partial charge in [0, 0.05) is 6.07 Å². The van der Waals surface area contributed by atoms with E-state index in [1.165, 1.54) is 6.26 Å². The van der Waals surface area contributed by atoms with Crippen LogP contribution in [-0.2, 0) is 11.3 Å². The van der Waals surface area contributed by atoms with E-state index in [0.29, 0.717) is 11.3 Å². The number of hydrogen-bond acceptors (Lipinski definition) is 4. The maximum absolute atomic E-state index is 11.9. The quantitative estimate of drug-likeness (QED) is 0.881. The predicted molar refractivity (Wildman–Crippen MR) is 63.1 cm³/mol. The third-order valence-electron chi connectivity index (χ3n) is 2.46. The van der Waals surface area contributed by atoms with Crippen molar-refractivity contribution in [3.63, 3.8) is 0 Å². The summed E-state index contributed by atoms with van der Waals surface area (Å²) in [7, 11) is 0. The first-order valence-corrected chi connectivity index (χ1v) is 5.43. The van der Waals surface area contributed by atoms with Crippen molar-refractivity contribution in [3.8, 4) is 6.07 Å². The second kappa shape index (κ2) is 5.64. The number of hydrogen-bond donors (Lipinski definition) is 1. The highest BCUT2D eigenvalue weighted by atomic mass is 16.5. The molecule has 1 aromatic carbocycles. The van der Waals surface area contributed by atoms with E-state index < -0.39 is 5.92 Å². The van der Waals surface area contributed by atoms with E-state index in [9.17, 15) is 4.79 Å². The number of rotatable bonds is 4. The van der Waals surface area contributed by atoms with Crippen molar-refractivity contribution >= 4 is 5.91 Å². The largest absolute Gasteiger partial charge is 0.364 e. The van der Waals surface area contributed by atoms with Crippen molar-refractivity contribution in [3.05, 3.63) is 53.9 Å². The van der Waals surface area contributed by atoms with Gasteiger partial charge in [0.05, 0.1) is 12.6 Å². The maximum atomic E-state index is 11.9. The Morgan fingerprint density at radius 1 is 1.39 bits per heavy atom. The normalized spacial score (nSPS) is 11.5. The number of carbonyl (C=O) groups excluding carboxylic acids is 1. The van der Waals surface area contributed by atoms with Gasteiger partial charge in [-0.1, -0.05) is 35.5 Å². The summed E-state index contributed by atoms with van der Waals surface area (Å²) >= 11 is 0. The minimum atomic E-state index is -0.807. The number of aromatic nitrogens is 1. The highest BCUT2D eigenvalue weighted by molar-refractivity contribution is 5.86. The number of nitrogens with zero attached hydrogens (tertiary/aromatic N) is 2. The van der Waals surface area contributed by atoms with Crippen LogP contribution < -0.4 is 5.32 Å². The van der Waals surface area contributed by atoms with E-state index in [2.05, 4.69) is 15.0 Å². The molecule has 0 fully saturated rings. The number of nitrogens with one attached hydrogen (secondary N) is 1. The Balaban J connectivity index is 2.01. The lowest BCUT2D eigenvalue weighted by Gasteiger charge is -2.09. The standard InChI is InChI=1S/C13H11N3O2/c14-8-12(10-4-2-1-3-5-10)13(17)15-9-11-6-7-18-16-11/h1-7,12H,9H2,(H,15,17). The topological polar surface area (TPSA) is 78.9 Å². The molecule has 0 saturated carbocycles. The van der Waals surface area contributed by atoms with Crippen LogP contribution in [0.5, 0.6) is 0 Å². The highest BCUT2D eigenvalue weighted by Crippen LogP contribution is 2.14. The first-order chi connectivity index (χ1) is 8.81. The summed E-state index contributed by atoms with van der Waals surface area (Å²) in [4.78, 5) is 11.9. The zero-order chi connectivity index (χ0) is 12.8. The van der Waals surface area contributed by atoms with Crippen LogP contribution in [0.3, 0.4) is 0 Å². The maximum Gasteiger partial charge on any atom is 0.242 e. The minimum Gasteiger partial charge on any atom is -0.364 e. The Morgan fingerprint density at radius 3 is 2.78 bits per heavy atom. The van der Waals surface area contributed by atoms with Gasteiger partial charge in [-0.05, 0) is 5.56 Å². The van der Waals surface area contributed by atoms with Crippen LogP contribution in [0.2, 0.25) is 0 Å². The molecular weight excluding hydrogens is 230 g/mol. The molecule has 0 radical (unpaired) electrons. The summed E-state index contributed by atoms with van der Waals surface area (Å²) in [6.45, 7) is 0.250. The van der Waals surface area contributed by atoms with Gasteiger partial charge < -0.3 is 9.84 Å². The Labute approximate surface area is 104 Å². The molecule has 0 saturated heterocycles. The van der Waals surface area contributed by atoms with Crippen LogP contribution in [0.1, 0.15) is 17.2 Å². The summed E-state index contributed by atoms with van der Waals surface area (Å²) in [6.07, 6.45) is 1.43. The van der Waals surface area contributed by atoms with Gasteiger partial charge >= 0.3 is 0 Å². The van der Waals surface area contributed by atoms with Crippen LogP contribution >= 0.6 is 0 Å². The SMILES string of the molecule is N#CC(C(=O)NCc1ccon1)c1ccccc1. The molecule has 18 heavy (non-hydrogen) atoms. The first kappa shape index (κ1) is 11.9. The Morgan fingerprint density at radius 2 is 2.17 bits per heavy atom. The molecule has 0 aliphatic rings. The molecule has 5 nitrogen and oxygen atoms in total. The summed E-state index contributed by atoms with van der Waals surface area (Å²) in [5.74, 6) is -1.15. The van der Waals surface area contributed by atoms with Crippen molar-refractivity contribution in [2.75, 3.05) is 0 Å². The fourth-order valence-corrected chi connectivity index (χ4v) is 1.54. The molecule has 2 aromatic rings. The minimum absolute atomic E-state index is 0.250. The van der Waals surface area contributed by atoms with Crippen LogP contribution in [0.4, 0.5) is 0 Å². The number of amides is 1. The summed E-state index contributed by atoms with van der Waals surface area (Å²) < 4.78 is 4.65. The van der Waals surface area contributed by atoms with Crippen LogP contribution in [0.15, 0.2) is 47.2 Å². The van der Waals surface area contributed by atoms with Crippen molar-refractivity contribution in [2.45, 2.75) is 12.5 Å². The molecule has 0 aliphatic carbocycles. The van der Waals surface area contributed by atoms with Crippen molar-refractivity contribution < 1.29 is 9.32 Å². The lowest BCUT2D eigenvalue weighted by atomic mass is 10.00. The molecule has 0 aliphatic heterocycles. The molecule has 2 rings (SSSR count). The zero-order valence-electron chi connectivity index (χ0n) is 9.54. The van der Waals surface area contributed by atoms with E-state index >= 15 is 0 Å². The summed E-state index contributed by atoms with van der Waals surface area (Å²) in [5, 5.41) is 15.4. The molecule has 1 amide bonds. The second-order valence-corrected chi connectivity index (χ2v) is 3.68. The van der Waals surface area contributed by atoms with Gasteiger partial charge in [-0.3, -0.25) is 4.79 Å². The molecule has 0 spiro atoms. The molecule has 0 bridgehead atoms. The first-order valence-electron chi connectivity index (χ1n) is 5.43. The lowest BCUT2D eigenvalue weighted by Crippen LogP contribution is -2.28. The Hall–Kier alpha value is -2.61. The smallest absolute Gasteiger partial charge is 0.242 e. The molecule has 1 heterocycles. The van der Waals surface area contributed by atoms with E-state index in [-0.39, 0.29) is 12.5 Å². The second-order valence-electron chi connectivity index (χ2n) is 3.68. The summed E-state index contributed by atoms with van der Waals surface area (Å²) in [6, 6.07) is 12.6. The van der Waals surface area contributed by atoms with Gasteiger partial charge in [0.25, 0.3) is 0 Å². The van der Waals surface area contributed by atoms with Crippen molar-refractivity contribution in [1.82, 2.24) is 10.5 Å². The van der Waals surface area contributed by atoms with Crippen molar-refractivity contribution in [1.29, 1.82) is 5.26 Å². The lowest BCUT2D eigenvalue weighted by molar-refractivity contribution is -0.121. The molecule has 5 heteroatoms. The van der Waals surface area contributed by atoms with Gasteiger partial charge in [-0.15, -0.1) is 0 Å². The van der Waals surface area contributed by atoms with Gasteiger partial charge in [0.15, 0.2) is 0 Å². The third-order valence-corrected chi connectivity index (χ3v) is 2.46. The zero-order valence-corrected chi connectivity index (χ0v) is 9.54. The van der Waals surface area contributed by atoms with Gasteiger partial charge in [-0.25, -0.2) is 0 Å². The average Bonchev–Trinajstić information content (AvgIpc) is 2.92. The number of carbonyl (C=O) groups is 1. The third kappa shape index (κ3) is 2.74. The monoisotopic (exact) mass is 241 g/mol. The van der Waals surface area contributed by atoms with E-state index in [1.54, 1.807) is 30.3 Å². The van der Waals surface area contributed by atoms with Gasteiger partial charge in [0.1, 0.15) is 17.9 Å². The highest BCUT2D eigenvalue weighted by Gasteiger charge is 2.19. The summed E-state index contributed by atoms with van der Waals surface area (Å²) in [5.41, 5.74) is 1.30. The van der Waals surface area contributed by atoms with Gasteiger partial charge in [0.2, 0.25) is 5.91 Å². The number of benzene rings is 1. The van der Waals surface area contributed by atoms with Crippen LogP contribution in [0, 0.1) is 11.3 Å². The molecular formula is C13H11N3O2. The number of nitriles is 1. The van der Waals surface area contributed by atoms with E-state index in [4.69, 9.17) is 5.26 Å². The van der Waals surface area contributed by atoms with Crippen LogP contribution in [0.25, 0.3) is 0 Å². The Kier molecular flexibility index (Phi) is 3.72. The average molecular weight is 241 g/mol. The molecule has 1 aromatic heterocycles. The predicted octanol–water partition coefficient (Wildman–Crippen LogP) is 1.60. The van der Waals surface area contributed by atoms with E-state index in [0.717, 1.165) is 0 Å². The Bertz CT molecular complexity index is 543. The van der Waals surface area contributed by atoms with Crippen LogP contribution in [-0.4, -0.2) is 11.1 Å². The molecule has 1 N–H and O–H groups in total. The molecule has 1 atom stereocenters. The molecule has 1 unspecified atom stereocenters. The van der Waals surface area contributed by atoms with Gasteiger partial charge in [-0.2, -0.15) is 5.26 Å². The fourth-order valence-electron chi connectivity index (χ4n) is 1.54. The molecule has 90 valence electrons. The van der Waals surface area contributed by atoms with E-state index in [1.807, 2.05) is 12.1 Å². The fraction of sp³-hybridized carbons (Fsp3) is 0.154.